The lowest BCUT2D eigenvalue weighted by Crippen LogP contribution is -2.31. The van der Waals surface area contributed by atoms with Crippen LogP contribution >= 0.6 is 11.6 Å². The van der Waals surface area contributed by atoms with E-state index in [9.17, 15) is 18.2 Å². The van der Waals surface area contributed by atoms with E-state index in [1.54, 1.807) is 53.6 Å². The van der Waals surface area contributed by atoms with Crippen molar-refractivity contribution >= 4 is 56.6 Å². The van der Waals surface area contributed by atoms with Crippen molar-refractivity contribution in [2.24, 2.45) is 0 Å². The predicted octanol–water partition coefficient (Wildman–Crippen LogP) is 6.67. The molecule has 2 amide bonds. The van der Waals surface area contributed by atoms with Gasteiger partial charge in [-0.25, -0.2) is 14.4 Å². The number of anilines is 2. The Morgan fingerprint density at radius 2 is 1.82 bits per heavy atom. The molecule has 0 spiro atoms. The third kappa shape index (κ3) is 7.73. The highest BCUT2D eigenvalue weighted by molar-refractivity contribution is 7.84. The summed E-state index contributed by atoms with van der Waals surface area (Å²) in [7, 11) is -1.02. The van der Waals surface area contributed by atoms with E-state index in [4.69, 9.17) is 20.8 Å². The first kappa shape index (κ1) is 31.8. The molecular weight excluding hydrogens is 619 g/mol. The van der Waals surface area contributed by atoms with E-state index in [0.717, 1.165) is 5.56 Å². The Morgan fingerprint density at radius 3 is 2.53 bits per heavy atom. The molecule has 5 rings (SSSR count). The van der Waals surface area contributed by atoms with Gasteiger partial charge < -0.3 is 14.1 Å². The van der Waals surface area contributed by atoms with Crippen molar-refractivity contribution in [1.29, 1.82) is 0 Å². The molecule has 9 nitrogen and oxygen atoms in total. The molecule has 45 heavy (non-hydrogen) atoms. The van der Waals surface area contributed by atoms with Gasteiger partial charge in [-0.15, -0.1) is 0 Å². The summed E-state index contributed by atoms with van der Waals surface area (Å²) in [6.45, 7) is 3.61. The zero-order valence-corrected chi connectivity index (χ0v) is 26.4. The average molecular weight is 649 g/mol. The maximum atomic E-state index is 13.5. The molecule has 0 aliphatic carbocycles. The number of hydrogen-bond donors (Lipinski definition) is 0. The van der Waals surface area contributed by atoms with Crippen LogP contribution in [-0.4, -0.2) is 49.4 Å². The fourth-order valence-corrected chi connectivity index (χ4v) is 5.46. The summed E-state index contributed by atoms with van der Waals surface area (Å²) in [5.74, 6) is 1.44. The number of hydrogen-bond acceptors (Lipinski definition) is 7. The number of furan rings is 1. The van der Waals surface area contributed by atoms with Crippen molar-refractivity contribution in [2.45, 2.75) is 27.0 Å². The molecule has 2 heterocycles. The molecule has 1 atom stereocenters. The van der Waals surface area contributed by atoms with Gasteiger partial charge in [-0.3, -0.25) is 18.7 Å². The third-order valence-corrected chi connectivity index (χ3v) is 8.04. The highest BCUT2D eigenvalue weighted by Crippen LogP contribution is 2.36. The molecule has 0 saturated heterocycles. The maximum absolute atomic E-state index is 13.5. The maximum Gasteiger partial charge on any atom is 0.229 e. The minimum Gasteiger partial charge on any atom is -0.487 e. The molecule has 0 bridgehead atoms. The molecule has 2 aromatic heterocycles. The van der Waals surface area contributed by atoms with Crippen molar-refractivity contribution in [2.75, 3.05) is 23.5 Å². The van der Waals surface area contributed by atoms with Gasteiger partial charge in [0.25, 0.3) is 0 Å². The van der Waals surface area contributed by atoms with Gasteiger partial charge in [0.2, 0.25) is 11.8 Å². The molecule has 0 fully saturated rings. The summed E-state index contributed by atoms with van der Waals surface area (Å²) in [6.07, 6.45) is 2.99. The Labute approximate surface area is 267 Å². The lowest BCUT2D eigenvalue weighted by atomic mass is 10.1. The number of fused-ring (bicyclic) bond motifs is 1. The smallest absolute Gasteiger partial charge is 0.229 e. The number of aromatic nitrogens is 2. The van der Waals surface area contributed by atoms with Gasteiger partial charge in [-0.2, -0.15) is 0 Å². The zero-order chi connectivity index (χ0) is 32.1. The number of nitrogens with zero attached hydrogens (tertiary/aromatic N) is 4. The molecule has 0 radical (unpaired) electrons. The second-order valence-corrected chi connectivity index (χ2v) is 12.3. The second-order valence-electron chi connectivity index (χ2n) is 10.3. The Balaban J connectivity index is 1.42. The lowest BCUT2D eigenvalue weighted by Gasteiger charge is -2.22. The molecule has 12 heteroatoms. The Kier molecular flexibility index (Phi) is 9.90. The highest BCUT2D eigenvalue weighted by atomic mass is 35.5. The molecule has 3 aromatic carbocycles. The first-order chi connectivity index (χ1) is 21.6. The lowest BCUT2D eigenvalue weighted by molar-refractivity contribution is -0.129. The first-order valence-electron chi connectivity index (χ1n) is 14.0. The summed E-state index contributed by atoms with van der Waals surface area (Å²) in [6, 6.07) is 20.1. The predicted molar refractivity (Wildman–Crippen MR) is 172 cm³/mol. The number of benzene rings is 3. The normalized spacial score (nSPS) is 11.8. The number of carbonyl (C=O) groups is 2. The Morgan fingerprint density at radius 1 is 1.00 bits per heavy atom. The standard InChI is InChI=1S/C33H30ClFN4O5S/c1-21(40)38(13-14-45(3)42)18-27-9-12-31(44-27)24-7-10-30-28(16-24)33(37-20-36-30)39(22(2)41)26-8-11-32(29(34)17-26)43-19-23-5-4-6-25(35)15-23/h4-12,15-17,20H,13-14,18-19H2,1-3H3. The van der Waals surface area contributed by atoms with Gasteiger partial charge in [0.15, 0.2) is 5.82 Å². The zero-order valence-electron chi connectivity index (χ0n) is 24.8. The van der Waals surface area contributed by atoms with Crippen molar-refractivity contribution in [1.82, 2.24) is 14.9 Å². The monoisotopic (exact) mass is 648 g/mol. The Bertz CT molecular complexity index is 1900. The summed E-state index contributed by atoms with van der Waals surface area (Å²) in [5.41, 5.74) is 2.45. The summed E-state index contributed by atoms with van der Waals surface area (Å²) >= 11 is 6.56. The van der Waals surface area contributed by atoms with Crippen LogP contribution in [0.4, 0.5) is 15.9 Å². The van der Waals surface area contributed by atoms with E-state index in [1.807, 2.05) is 18.2 Å². The van der Waals surface area contributed by atoms with Crippen LogP contribution in [0.2, 0.25) is 5.02 Å². The van der Waals surface area contributed by atoms with Gasteiger partial charge in [0, 0.05) is 54.2 Å². The van der Waals surface area contributed by atoms with E-state index in [2.05, 4.69) is 9.97 Å². The molecule has 0 aliphatic heterocycles. The van der Waals surface area contributed by atoms with Gasteiger partial charge in [-0.05, 0) is 66.2 Å². The molecule has 5 aromatic rings. The molecule has 0 aliphatic rings. The van der Waals surface area contributed by atoms with Gasteiger partial charge in [-0.1, -0.05) is 23.7 Å². The van der Waals surface area contributed by atoms with E-state index in [-0.39, 0.29) is 35.8 Å². The summed E-state index contributed by atoms with van der Waals surface area (Å²) in [5, 5.41) is 0.864. The number of halogens is 2. The van der Waals surface area contributed by atoms with Crippen molar-refractivity contribution in [3.8, 4) is 17.1 Å². The fraction of sp³-hybridized carbons (Fsp3) is 0.212. The van der Waals surface area contributed by atoms with E-state index in [0.29, 0.717) is 57.5 Å². The summed E-state index contributed by atoms with van der Waals surface area (Å²) in [4.78, 5) is 37.0. The minimum atomic E-state index is -1.02. The van der Waals surface area contributed by atoms with Crippen LogP contribution in [0.1, 0.15) is 25.2 Å². The van der Waals surface area contributed by atoms with Crippen LogP contribution < -0.4 is 9.64 Å². The average Bonchev–Trinajstić information content (AvgIpc) is 3.47. The summed E-state index contributed by atoms with van der Waals surface area (Å²) < 4.78 is 37.0. The first-order valence-corrected chi connectivity index (χ1v) is 16.1. The van der Waals surface area contributed by atoms with Crippen LogP contribution in [0.25, 0.3) is 22.2 Å². The van der Waals surface area contributed by atoms with Gasteiger partial charge in [0.05, 0.1) is 22.8 Å². The van der Waals surface area contributed by atoms with Crippen molar-refractivity contribution in [3.05, 3.63) is 101 Å². The van der Waals surface area contributed by atoms with Crippen molar-refractivity contribution in [3.63, 3.8) is 0 Å². The largest absolute Gasteiger partial charge is 0.487 e. The second kappa shape index (κ2) is 14.0. The van der Waals surface area contributed by atoms with E-state index in [1.165, 1.54) is 37.2 Å². The molecule has 0 N–H and O–H groups in total. The number of ether oxygens (including phenoxy) is 1. The molecular formula is C33H30ClFN4O5S. The van der Waals surface area contributed by atoms with Crippen LogP contribution in [0.3, 0.4) is 0 Å². The highest BCUT2D eigenvalue weighted by Gasteiger charge is 2.21. The molecule has 1 unspecified atom stereocenters. The van der Waals surface area contributed by atoms with E-state index >= 15 is 0 Å². The number of amides is 2. The Hall–Kier alpha value is -4.61. The van der Waals surface area contributed by atoms with Crippen LogP contribution in [-0.2, 0) is 33.5 Å². The van der Waals surface area contributed by atoms with Crippen molar-refractivity contribution < 1.29 is 27.3 Å². The van der Waals surface area contributed by atoms with Crippen LogP contribution in [0.15, 0.2) is 83.5 Å². The topological polar surface area (TPSA) is 106 Å². The quantitative estimate of drug-likeness (QED) is 0.157. The number of rotatable bonds is 11. The van der Waals surface area contributed by atoms with Crippen LogP contribution in [0.5, 0.6) is 5.75 Å². The SMILES string of the molecule is CC(=O)N(CCS(C)=O)Cc1ccc(-c2ccc3ncnc(N(C(C)=O)c4ccc(OCc5cccc(F)c5)c(Cl)c4)c3c2)o1. The van der Waals surface area contributed by atoms with Gasteiger partial charge >= 0.3 is 0 Å². The number of carbonyl (C=O) groups excluding carboxylic acids is 2. The van der Waals surface area contributed by atoms with Crippen LogP contribution in [0, 0.1) is 5.82 Å². The van der Waals surface area contributed by atoms with Gasteiger partial charge in [0.1, 0.15) is 36.0 Å². The fourth-order valence-electron chi connectivity index (χ4n) is 4.75. The molecule has 0 saturated carbocycles. The molecule has 232 valence electrons. The van der Waals surface area contributed by atoms with E-state index < -0.39 is 10.8 Å². The minimum absolute atomic E-state index is 0.119. The third-order valence-electron chi connectivity index (χ3n) is 6.98.